The first-order chi connectivity index (χ1) is 7.20. The Morgan fingerprint density at radius 3 is 2.12 bits per heavy atom. The van der Waals surface area contributed by atoms with Gasteiger partial charge in [-0.1, -0.05) is 20.8 Å². The zero-order valence-corrected chi connectivity index (χ0v) is 10.0. The van der Waals surface area contributed by atoms with Crippen molar-refractivity contribution in [2.24, 2.45) is 5.41 Å². The number of nitrogens with one attached hydrogen (secondary N) is 1. The van der Waals surface area contributed by atoms with Crippen LogP contribution in [0.2, 0.25) is 0 Å². The van der Waals surface area contributed by atoms with Crippen molar-refractivity contribution >= 4 is 17.7 Å². The van der Waals surface area contributed by atoms with Crippen molar-refractivity contribution in [3.05, 3.63) is 0 Å². The average Bonchev–Trinajstić information content (AvgIpc) is 2.08. The summed E-state index contributed by atoms with van der Waals surface area (Å²) in [5.74, 6) is -1.45. The quantitative estimate of drug-likeness (QED) is 0.711. The van der Waals surface area contributed by atoms with Crippen molar-refractivity contribution < 1.29 is 19.5 Å². The predicted octanol–water partition coefficient (Wildman–Crippen LogP) is 0.973. The highest BCUT2D eigenvalue weighted by atomic mass is 16.4. The normalized spacial score (nSPS) is 10.9. The number of Topliss-reactive ketones (excluding diaryl/α,β-unsaturated/α-hetero) is 1. The Morgan fingerprint density at radius 2 is 1.69 bits per heavy atom. The van der Waals surface area contributed by atoms with E-state index in [0.29, 0.717) is 6.42 Å². The average molecular weight is 229 g/mol. The van der Waals surface area contributed by atoms with Gasteiger partial charge in [0, 0.05) is 12.8 Å². The van der Waals surface area contributed by atoms with Crippen LogP contribution in [0.1, 0.15) is 40.0 Å². The van der Waals surface area contributed by atoms with E-state index in [0.717, 1.165) is 0 Å². The minimum absolute atomic E-state index is 0.0366. The standard InChI is InChI=1S/C11H19NO4/c1-11(2,3)6-9(14)12-7-8(13)4-5-10(15)16/h4-7H2,1-3H3,(H,12,14)(H,15,16). The molecule has 0 aromatic rings. The summed E-state index contributed by atoms with van der Waals surface area (Å²) in [6.45, 7) is 5.71. The Labute approximate surface area is 95.2 Å². The molecule has 0 unspecified atom stereocenters. The Hall–Kier alpha value is -1.39. The molecule has 5 heteroatoms. The number of rotatable bonds is 6. The van der Waals surface area contributed by atoms with Crippen molar-refractivity contribution in [3.8, 4) is 0 Å². The van der Waals surface area contributed by atoms with Gasteiger partial charge in [0.1, 0.15) is 0 Å². The van der Waals surface area contributed by atoms with Gasteiger partial charge >= 0.3 is 5.97 Å². The molecule has 92 valence electrons. The van der Waals surface area contributed by atoms with E-state index in [1.807, 2.05) is 20.8 Å². The molecule has 0 aliphatic carbocycles. The minimum atomic E-state index is -1.01. The molecule has 0 heterocycles. The Balaban J connectivity index is 3.76. The zero-order valence-electron chi connectivity index (χ0n) is 10.0. The first-order valence-electron chi connectivity index (χ1n) is 5.21. The highest BCUT2D eigenvalue weighted by Gasteiger charge is 2.16. The number of hydrogen-bond acceptors (Lipinski definition) is 3. The van der Waals surface area contributed by atoms with E-state index in [1.54, 1.807) is 0 Å². The van der Waals surface area contributed by atoms with Crippen LogP contribution in [0, 0.1) is 5.41 Å². The fraction of sp³-hybridized carbons (Fsp3) is 0.727. The molecule has 0 fully saturated rings. The number of aliphatic carboxylic acids is 1. The number of carboxylic acids is 1. The molecular formula is C11H19NO4. The van der Waals surface area contributed by atoms with Gasteiger partial charge in [0.25, 0.3) is 0 Å². The number of hydrogen-bond donors (Lipinski definition) is 2. The van der Waals surface area contributed by atoms with Crippen molar-refractivity contribution in [1.29, 1.82) is 0 Å². The van der Waals surface area contributed by atoms with Crippen molar-refractivity contribution in [3.63, 3.8) is 0 Å². The van der Waals surface area contributed by atoms with Crippen molar-refractivity contribution in [1.82, 2.24) is 5.32 Å². The van der Waals surface area contributed by atoms with Crippen LogP contribution in [0.3, 0.4) is 0 Å². The largest absolute Gasteiger partial charge is 0.481 e. The van der Waals surface area contributed by atoms with Gasteiger partial charge in [-0.3, -0.25) is 14.4 Å². The van der Waals surface area contributed by atoms with Crippen LogP contribution in [0.15, 0.2) is 0 Å². The molecule has 0 rings (SSSR count). The number of carbonyl (C=O) groups excluding carboxylic acids is 2. The molecule has 0 aliphatic heterocycles. The number of carbonyl (C=O) groups is 3. The molecule has 0 aromatic carbocycles. The van der Waals surface area contributed by atoms with Crippen LogP contribution in [0.4, 0.5) is 0 Å². The van der Waals surface area contributed by atoms with Gasteiger partial charge in [-0.25, -0.2) is 0 Å². The first kappa shape index (κ1) is 14.6. The zero-order chi connectivity index (χ0) is 12.8. The summed E-state index contributed by atoms with van der Waals surface area (Å²) in [5, 5.41) is 10.8. The van der Waals surface area contributed by atoms with Crippen molar-refractivity contribution in [2.75, 3.05) is 6.54 Å². The van der Waals surface area contributed by atoms with Gasteiger partial charge in [-0.15, -0.1) is 0 Å². The summed E-state index contributed by atoms with van der Waals surface area (Å²) < 4.78 is 0. The Morgan fingerprint density at radius 1 is 1.12 bits per heavy atom. The summed E-state index contributed by atoms with van der Waals surface area (Å²) in [5.41, 5.74) is -0.117. The molecule has 2 N–H and O–H groups in total. The lowest BCUT2D eigenvalue weighted by Gasteiger charge is -2.16. The Bertz CT molecular complexity index is 278. The van der Waals surface area contributed by atoms with Crippen LogP contribution in [0.5, 0.6) is 0 Å². The minimum Gasteiger partial charge on any atom is -0.481 e. The maximum atomic E-state index is 11.3. The van der Waals surface area contributed by atoms with Gasteiger partial charge < -0.3 is 10.4 Å². The lowest BCUT2D eigenvalue weighted by molar-refractivity contribution is -0.138. The molecule has 0 bridgehead atoms. The summed E-state index contributed by atoms with van der Waals surface area (Å²) in [6.07, 6.45) is 0.123. The molecule has 0 aromatic heterocycles. The van der Waals surface area contributed by atoms with E-state index < -0.39 is 5.97 Å². The first-order valence-corrected chi connectivity index (χ1v) is 5.21. The van der Waals surface area contributed by atoms with E-state index in [9.17, 15) is 14.4 Å². The smallest absolute Gasteiger partial charge is 0.303 e. The second-order valence-corrected chi connectivity index (χ2v) is 4.95. The van der Waals surface area contributed by atoms with E-state index in [1.165, 1.54) is 0 Å². The highest BCUT2D eigenvalue weighted by molar-refractivity contribution is 5.87. The third-order valence-electron chi connectivity index (χ3n) is 1.79. The van der Waals surface area contributed by atoms with Crippen LogP contribution in [0.25, 0.3) is 0 Å². The SMILES string of the molecule is CC(C)(C)CC(=O)NCC(=O)CCC(=O)O. The van der Waals surface area contributed by atoms with Gasteiger partial charge in [0.2, 0.25) is 5.91 Å². The van der Waals surface area contributed by atoms with Gasteiger partial charge in [0.15, 0.2) is 5.78 Å². The van der Waals surface area contributed by atoms with Crippen LogP contribution >= 0.6 is 0 Å². The van der Waals surface area contributed by atoms with Gasteiger partial charge in [-0.2, -0.15) is 0 Å². The molecule has 16 heavy (non-hydrogen) atoms. The fourth-order valence-corrected chi connectivity index (χ4v) is 1.08. The molecule has 1 amide bonds. The molecule has 0 atom stereocenters. The van der Waals surface area contributed by atoms with E-state index in [4.69, 9.17) is 5.11 Å². The topological polar surface area (TPSA) is 83.5 Å². The van der Waals surface area contributed by atoms with E-state index >= 15 is 0 Å². The van der Waals surface area contributed by atoms with Crippen molar-refractivity contribution in [2.45, 2.75) is 40.0 Å². The maximum Gasteiger partial charge on any atom is 0.303 e. The number of carboxylic acid groups (broad SMARTS) is 1. The van der Waals surface area contributed by atoms with Crippen LogP contribution in [-0.2, 0) is 14.4 Å². The lowest BCUT2D eigenvalue weighted by atomic mass is 9.92. The molecule has 0 saturated carbocycles. The fourth-order valence-electron chi connectivity index (χ4n) is 1.08. The van der Waals surface area contributed by atoms with E-state index in [2.05, 4.69) is 5.32 Å². The van der Waals surface area contributed by atoms with Crippen LogP contribution < -0.4 is 5.32 Å². The molecule has 0 aliphatic rings. The number of ketones is 1. The monoisotopic (exact) mass is 229 g/mol. The second-order valence-electron chi connectivity index (χ2n) is 4.95. The third-order valence-corrected chi connectivity index (χ3v) is 1.79. The number of amides is 1. The molecule has 0 spiro atoms. The summed E-state index contributed by atoms with van der Waals surface area (Å²) in [7, 11) is 0. The Kier molecular flexibility index (Phi) is 5.71. The van der Waals surface area contributed by atoms with Gasteiger partial charge in [-0.05, 0) is 5.41 Å². The predicted molar refractivity (Wildman–Crippen MR) is 59.0 cm³/mol. The lowest BCUT2D eigenvalue weighted by Crippen LogP contribution is -2.32. The third kappa shape index (κ3) is 9.18. The second kappa shape index (κ2) is 6.25. The molecule has 0 radical (unpaired) electrons. The van der Waals surface area contributed by atoms with Crippen LogP contribution in [-0.4, -0.2) is 29.3 Å². The van der Waals surface area contributed by atoms with E-state index in [-0.39, 0.29) is 36.5 Å². The molecule has 5 nitrogen and oxygen atoms in total. The summed E-state index contributed by atoms with van der Waals surface area (Å²) in [6, 6.07) is 0. The summed E-state index contributed by atoms with van der Waals surface area (Å²) >= 11 is 0. The van der Waals surface area contributed by atoms with Gasteiger partial charge in [0.05, 0.1) is 13.0 Å². The molecular weight excluding hydrogens is 210 g/mol. The maximum absolute atomic E-state index is 11.3. The summed E-state index contributed by atoms with van der Waals surface area (Å²) in [4.78, 5) is 32.7. The highest BCUT2D eigenvalue weighted by Crippen LogP contribution is 2.17. The molecule has 0 saturated heterocycles.